The lowest BCUT2D eigenvalue weighted by molar-refractivity contribution is 0.0952. The highest BCUT2D eigenvalue weighted by Crippen LogP contribution is 2.16. The van der Waals surface area contributed by atoms with Crippen molar-refractivity contribution in [1.29, 1.82) is 0 Å². The molecule has 1 heterocycles. The Balaban J connectivity index is 1.97. The molecule has 0 saturated heterocycles. The number of benzene rings is 1. The molecule has 0 radical (unpaired) electrons. The third-order valence-corrected chi connectivity index (χ3v) is 2.83. The first-order chi connectivity index (χ1) is 9.06. The van der Waals surface area contributed by atoms with Crippen molar-refractivity contribution in [2.24, 2.45) is 0 Å². The lowest BCUT2D eigenvalue weighted by Gasteiger charge is -2.09. The van der Waals surface area contributed by atoms with Crippen LogP contribution in [0.15, 0.2) is 22.6 Å². The van der Waals surface area contributed by atoms with Crippen LogP contribution in [0.5, 0.6) is 0 Å². The van der Waals surface area contributed by atoms with Crippen LogP contribution in [-0.2, 0) is 0 Å². The fraction of sp³-hybridized carbons (Fsp3) is 0.429. The first-order valence-electron chi connectivity index (χ1n) is 6.36. The van der Waals surface area contributed by atoms with Crippen LogP contribution in [0, 0.1) is 6.92 Å². The normalized spacial score (nSPS) is 11.2. The van der Waals surface area contributed by atoms with Gasteiger partial charge in [0.1, 0.15) is 5.52 Å². The van der Waals surface area contributed by atoms with Crippen molar-refractivity contribution in [2.75, 3.05) is 27.2 Å². The standard InChI is InChI=1S/C14H19N3O2/c1-10-16-12-6-5-11(9-13(12)19-10)14(18)15-7-4-8-17(2)3/h5-6,9H,4,7-8H2,1-3H3,(H,15,18). The number of oxazole rings is 1. The van der Waals surface area contributed by atoms with E-state index < -0.39 is 0 Å². The average molecular weight is 261 g/mol. The van der Waals surface area contributed by atoms with Crippen molar-refractivity contribution < 1.29 is 9.21 Å². The molecular weight excluding hydrogens is 242 g/mol. The summed E-state index contributed by atoms with van der Waals surface area (Å²) >= 11 is 0. The molecule has 19 heavy (non-hydrogen) atoms. The van der Waals surface area contributed by atoms with Gasteiger partial charge in [-0.15, -0.1) is 0 Å². The van der Waals surface area contributed by atoms with Crippen LogP contribution >= 0.6 is 0 Å². The molecule has 0 atom stereocenters. The average Bonchev–Trinajstić information content (AvgIpc) is 2.73. The molecule has 1 aromatic carbocycles. The summed E-state index contributed by atoms with van der Waals surface area (Å²) in [4.78, 5) is 18.3. The first kappa shape index (κ1) is 13.5. The van der Waals surface area contributed by atoms with Crippen molar-refractivity contribution >= 4 is 17.0 Å². The van der Waals surface area contributed by atoms with Crippen LogP contribution in [0.2, 0.25) is 0 Å². The van der Waals surface area contributed by atoms with Gasteiger partial charge in [0.15, 0.2) is 11.5 Å². The largest absolute Gasteiger partial charge is 0.441 e. The Morgan fingerprint density at radius 3 is 2.95 bits per heavy atom. The molecule has 0 bridgehead atoms. The molecule has 2 rings (SSSR count). The lowest BCUT2D eigenvalue weighted by Crippen LogP contribution is -2.27. The Labute approximate surface area is 112 Å². The first-order valence-corrected chi connectivity index (χ1v) is 6.36. The molecule has 1 aromatic heterocycles. The van der Waals surface area contributed by atoms with Crippen LogP contribution in [-0.4, -0.2) is 43.0 Å². The van der Waals surface area contributed by atoms with Crippen molar-refractivity contribution in [1.82, 2.24) is 15.2 Å². The van der Waals surface area contributed by atoms with Gasteiger partial charge in [0.05, 0.1) is 0 Å². The highest BCUT2D eigenvalue weighted by molar-refractivity contribution is 5.96. The summed E-state index contributed by atoms with van der Waals surface area (Å²) in [5.41, 5.74) is 2.04. The van der Waals surface area contributed by atoms with E-state index in [1.807, 2.05) is 14.1 Å². The van der Waals surface area contributed by atoms with Crippen molar-refractivity contribution in [3.63, 3.8) is 0 Å². The van der Waals surface area contributed by atoms with Gasteiger partial charge in [-0.2, -0.15) is 0 Å². The quantitative estimate of drug-likeness (QED) is 0.834. The Morgan fingerprint density at radius 2 is 2.21 bits per heavy atom. The van der Waals surface area contributed by atoms with Crippen molar-refractivity contribution in [2.45, 2.75) is 13.3 Å². The van der Waals surface area contributed by atoms with E-state index in [0.29, 0.717) is 23.6 Å². The van der Waals surface area contributed by atoms with E-state index in [1.54, 1.807) is 25.1 Å². The van der Waals surface area contributed by atoms with E-state index in [0.717, 1.165) is 18.5 Å². The molecule has 102 valence electrons. The summed E-state index contributed by atoms with van der Waals surface area (Å²) in [7, 11) is 4.03. The zero-order chi connectivity index (χ0) is 13.8. The Bertz CT molecular complexity index is 575. The minimum Gasteiger partial charge on any atom is -0.441 e. The molecule has 0 aliphatic heterocycles. The maximum absolute atomic E-state index is 12.0. The van der Waals surface area contributed by atoms with Gasteiger partial charge in [0, 0.05) is 19.0 Å². The molecule has 0 saturated carbocycles. The van der Waals surface area contributed by atoms with E-state index in [-0.39, 0.29) is 5.91 Å². The molecular formula is C14H19N3O2. The Hall–Kier alpha value is -1.88. The maximum Gasteiger partial charge on any atom is 0.251 e. The van der Waals surface area contributed by atoms with Crippen LogP contribution in [0.25, 0.3) is 11.1 Å². The highest BCUT2D eigenvalue weighted by Gasteiger charge is 2.08. The molecule has 0 spiro atoms. The Kier molecular flexibility index (Phi) is 4.16. The second kappa shape index (κ2) is 5.84. The highest BCUT2D eigenvalue weighted by atomic mass is 16.3. The SMILES string of the molecule is Cc1nc2ccc(C(=O)NCCCN(C)C)cc2o1. The fourth-order valence-electron chi connectivity index (χ4n) is 1.88. The second-order valence-corrected chi connectivity index (χ2v) is 4.83. The minimum atomic E-state index is -0.0743. The molecule has 0 aliphatic carbocycles. The summed E-state index contributed by atoms with van der Waals surface area (Å²) in [6.45, 7) is 3.42. The second-order valence-electron chi connectivity index (χ2n) is 4.83. The summed E-state index contributed by atoms with van der Waals surface area (Å²) in [6.07, 6.45) is 0.933. The summed E-state index contributed by atoms with van der Waals surface area (Å²) in [5.74, 6) is 0.535. The topological polar surface area (TPSA) is 58.4 Å². The van der Waals surface area contributed by atoms with Gasteiger partial charge in [-0.3, -0.25) is 4.79 Å². The van der Waals surface area contributed by atoms with Crippen molar-refractivity contribution in [3.05, 3.63) is 29.7 Å². The number of carbonyl (C=O) groups is 1. The molecule has 0 aliphatic rings. The molecule has 1 N–H and O–H groups in total. The molecule has 5 heteroatoms. The number of aromatic nitrogens is 1. The number of rotatable bonds is 5. The van der Waals surface area contributed by atoms with Crippen LogP contribution in [0.1, 0.15) is 22.7 Å². The van der Waals surface area contributed by atoms with Crippen LogP contribution < -0.4 is 5.32 Å². The minimum absolute atomic E-state index is 0.0743. The third kappa shape index (κ3) is 3.54. The van der Waals surface area contributed by atoms with E-state index in [9.17, 15) is 4.79 Å². The lowest BCUT2D eigenvalue weighted by atomic mass is 10.2. The van der Waals surface area contributed by atoms with Crippen LogP contribution in [0.4, 0.5) is 0 Å². The predicted octanol–water partition coefficient (Wildman–Crippen LogP) is 1.82. The number of nitrogens with zero attached hydrogens (tertiary/aromatic N) is 2. The molecule has 1 amide bonds. The van der Waals surface area contributed by atoms with E-state index >= 15 is 0 Å². The summed E-state index contributed by atoms with van der Waals surface area (Å²) in [6, 6.07) is 5.31. The zero-order valence-corrected chi connectivity index (χ0v) is 11.6. The van der Waals surface area contributed by atoms with Gasteiger partial charge < -0.3 is 14.6 Å². The predicted molar refractivity (Wildman–Crippen MR) is 74.3 cm³/mol. The van der Waals surface area contributed by atoms with E-state index in [1.165, 1.54) is 0 Å². The molecule has 2 aromatic rings. The third-order valence-electron chi connectivity index (χ3n) is 2.83. The fourth-order valence-corrected chi connectivity index (χ4v) is 1.88. The van der Waals surface area contributed by atoms with Gasteiger partial charge in [-0.25, -0.2) is 4.98 Å². The zero-order valence-electron chi connectivity index (χ0n) is 11.6. The summed E-state index contributed by atoms with van der Waals surface area (Å²) in [5, 5.41) is 2.90. The van der Waals surface area contributed by atoms with Gasteiger partial charge in [-0.1, -0.05) is 0 Å². The van der Waals surface area contributed by atoms with E-state index in [2.05, 4.69) is 15.2 Å². The smallest absolute Gasteiger partial charge is 0.251 e. The number of hydrogen-bond donors (Lipinski definition) is 1. The van der Waals surface area contributed by atoms with Crippen molar-refractivity contribution in [3.8, 4) is 0 Å². The molecule has 0 fully saturated rings. The maximum atomic E-state index is 12.0. The van der Waals surface area contributed by atoms with Gasteiger partial charge in [0.25, 0.3) is 5.91 Å². The molecule has 5 nitrogen and oxygen atoms in total. The number of aryl methyl sites for hydroxylation is 1. The monoisotopic (exact) mass is 261 g/mol. The Morgan fingerprint density at radius 1 is 1.42 bits per heavy atom. The number of hydrogen-bond acceptors (Lipinski definition) is 4. The number of fused-ring (bicyclic) bond motifs is 1. The van der Waals surface area contributed by atoms with Crippen LogP contribution in [0.3, 0.4) is 0 Å². The molecule has 0 unspecified atom stereocenters. The van der Waals surface area contributed by atoms with Gasteiger partial charge in [0.2, 0.25) is 0 Å². The summed E-state index contributed by atoms with van der Waals surface area (Å²) < 4.78 is 5.42. The van der Waals surface area contributed by atoms with Gasteiger partial charge in [-0.05, 0) is 45.3 Å². The van der Waals surface area contributed by atoms with E-state index in [4.69, 9.17) is 4.42 Å². The van der Waals surface area contributed by atoms with Gasteiger partial charge >= 0.3 is 0 Å². The number of carbonyl (C=O) groups excluding carboxylic acids is 1. The number of amides is 1. The number of nitrogens with one attached hydrogen (secondary N) is 1.